The number of nitrogens with one attached hydrogen (secondary N) is 2. The summed E-state index contributed by atoms with van der Waals surface area (Å²) >= 11 is 0. The zero-order valence-corrected chi connectivity index (χ0v) is 11.7. The van der Waals surface area contributed by atoms with E-state index in [2.05, 4.69) is 50.1 Å². The van der Waals surface area contributed by atoms with Crippen molar-refractivity contribution in [1.82, 2.24) is 10.2 Å². The highest BCUT2D eigenvalue weighted by molar-refractivity contribution is 5.49. The summed E-state index contributed by atoms with van der Waals surface area (Å²) in [6, 6.07) is 0.442. The van der Waals surface area contributed by atoms with Gasteiger partial charge in [-0.3, -0.25) is 5.10 Å². The molecule has 2 rings (SSSR count). The van der Waals surface area contributed by atoms with Crippen LogP contribution in [-0.4, -0.2) is 16.2 Å². The number of hydrogen-bond donors (Lipinski definition) is 2. The third-order valence-electron chi connectivity index (χ3n) is 3.64. The van der Waals surface area contributed by atoms with Crippen LogP contribution in [0.15, 0.2) is 0 Å². The van der Waals surface area contributed by atoms with Crippen molar-refractivity contribution in [3.63, 3.8) is 0 Å². The predicted octanol–water partition coefficient (Wildman–Crippen LogP) is 3.70. The number of anilines is 1. The zero-order chi connectivity index (χ0) is 12.6. The van der Waals surface area contributed by atoms with Crippen LogP contribution in [0.3, 0.4) is 0 Å². The maximum Gasteiger partial charge on any atom is 0.151 e. The number of fused-ring (bicyclic) bond motifs is 1. The van der Waals surface area contributed by atoms with Gasteiger partial charge in [-0.15, -0.1) is 0 Å². The summed E-state index contributed by atoms with van der Waals surface area (Å²) in [6.07, 6.45) is 3.72. The van der Waals surface area contributed by atoms with Gasteiger partial charge in [0.1, 0.15) is 0 Å². The number of rotatable bonds is 2. The van der Waals surface area contributed by atoms with E-state index < -0.39 is 0 Å². The van der Waals surface area contributed by atoms with Crippen molar-refractivity contribution >= 4 is 5.82 Å². The molecule has 0 bridgehead atoms. The molecule has 0 saturated carbocycles. The van der Waals surface area contributed by atoms with E-state index >= 15 is 0 Å². The van der Waals surface area contributed by atoms with Crippen LogP contribution in [0.1, 0.15) is 64.6 Å². The fourth-order valence-corrected chi connectivity index (χ4v) is 2.81. The Kier molecular flexibility index (Phi) is 3.19. The van der Waals surface area contributed by atoms with Crippen LogP contribution in [0.5, 0.6) is 0 Å². The second-order valence-electron chi connectivity index (χ2n) is 6.57. The molecule has 0 aliphatic heterocycles. The molecule has 1 atom stereocenters. The van der Waals surface area contributed by atoms with Crippen LogP contribution in [-0.2, 0) is 6.42 Å². The Morgan fingerprint density at radius 2 is 2.06 bits per heavy atom. The van der Waals surface area contributed by atoms with E-state index in [1.54, 1.807) is 0 Å². The van der Waals surface area contributed by atoms with Crippen LogP contribution in [0, 0.1) is 5.41 Å². The number of aromatic amines is 1. The first-order valence-electron chi connectivity index (χ1n) is 6.73. The van der Waals surface area contributed by atoms with E-state index in [0.29, 0.717) is 17.4 Å². The summed E-state index contributed by atoms with van der Waals surface area (Å²) in [5.41, 5.74) is 3.10. The van der Waals surface area contributed by atoms with E-state index in [4.69, 9.17) is 0 Å². The highest BCUT2D eigenvalue weighted by atomic mass is 15.2. The Labute approximate surface area is 104 Å². The molecule has 96 valence electrons. The lowest BCUT2D eigenvalue weighted by Crippen LogP contribution is -2.23. The third-order valence-corrected chi connectivity index (χ3v) is 3.64. The highest BCUT2D eigenvalue weighted by Crippen LogP contribution is 2.44. The normalized spacial score (nSPS) is 20.5. The van der Waals surface area contributed by atoms with Crippen molar-refractivity contribution in [1.29, 1.82) is 0 Å². The summed E-state index contributed by atoms with van der Waals surface area (Å²) in [5, 5.41) is 11.2. The van der Waals surface area contributed by atoms with Crippen molar-refractivity contribution in [3.8, 4) is 0 Å². The lowest BCUT2D eigenvalue weighted by atomic mass is 9.72. The topological polar surface area (TPSA) is 40.7 Å². The van der Waals surface area contributed by atoms with Crippen LogP contribution < -0.4 is 5.32 Å². The molecule has 3 heteroatoms. The van der Waals surface area contributed by atoms with Crippen molar-refractivity contribution in [3.05, 3.63) is 11.3 Å². The van der Waals surface area contributed by atoms with E-state index in [1.165, 1.54) is 24.1 Å². The van der Waals surface area contributed by atoms with Gasteiger partial charge in [-0.2, -0.15) is 5.10 Å². The average Bonchev–Trinajstić information content (AvgIpc) is 2.59. The van der Waals surface area contributed by atoms with Crippen LogP contribution in [0.2, 0.25) is 0 Å². The van der Waals surface area contributed by atoms with E-state index in [9.17, 15) is 0 Å². The number of H-pyrrole nitrogens is 1. The minimum absolute atomic E-state index is 0.316. The van der Waals surface area contributed by atoms with E-state index in [1.807, 2.05) is 0 Å². The molecule has 0 spiro atoms. The first-order chi connectivity index (χ1) is 7.89. The molecule has 1 aliphatic rings. The smallest absolute Gasteiger partial charge is 0.151 e. The number of hydrogen-bond acceptors (Lipinski definition) is 2. The molecule has 0 fully saturated rings. The van der Waals surface area contributed by atoms with Gasteiger partial charge < -0.3 is 5.32 Å². The van der Waals surface area contributed by atoms with Gasteiger partial charge in [0.2, 0.25) is 0 Å². The van der Waals surface area contributed by atoms with Gasteiger partial charge in [0.25, 0.3) is 0 Å². The molecule has 1 unspecified atom stereocenters. The first-order valence-corrected chi connectivity index (χ1v) is 6.73. The van der Waals surface area contributed by atoms with Gasteiger partial charge in [0.15, 0.2) is 5.82 Å². The molecule has 1 aromatic rings. The molecule has 0 saturated heterocycles. The quantitative estimate of drug-likeness (QED) is 0.820. The Morgan fingerprint density at radius 3 is 2.65 bits per heavy atom. The Bertz CT molecular complexity index is 385. The summed E-state index contributed by atoms with van der Waals surface area (Å²) < 4.78 is 0. The Hall–Kier alpha value is -0.990. The van der Waals surface area contributed by atoms with Crippen LogP contribution in [0.25, 0.3) is 0 Å². The van der Waals surface area contributed by atoms with Gasteiger partial charge in [0.05, 0.1) is 0 Å². The molecule has 17 heavy (non-hydrogen) atoms. The van der Waals surface area contributed by atoms with Crippen molar-refractivity contribution in [2.75, 3.05) is 5.32 Å². The van der Waals surface area contributed by atoms with Gasteiger partial charge in [-0.25, -0.2) is 0 Å². The predicted molar refractivity (Wildman–Crippen MR) is 72.5 cm³/mol. The first kappa shape index (κ1) is 12.5. The lowest BCUT2D eigenvalue weighted by molar-refractivity contribution is 0.284. The van der Waals surface area contributed by atoms with Gasteiger partial charge in [-0.05, 0) is 38.5 Å². The SMILES string of the molecule is CC(C)Nc1n[nH]c2c1CCCC2C(C)(C)C. The molecule has 1 aliphatic carbocycles. The van der Waals surface area contributed by atoms with Gasteiger partial charge in [-0.1, -0.05) is 20.8 Å². The summed E-state index contributed by atoms with van der Waals surface area (Å²) in [7, 11) is 0. The largest absolute Gasteiger partial charge is 0.366 e. The molecular formula is C14H25N3. The van der Waals surface area contributed by atoms with Crippen LogP contribution in [0.4, 0.5) is 5.82 Å². The average molecular weight is 235 g/mol. The number of aromatic nitrogens is 2. The second-order valence-corrected chi connectivity index (χ2v) is 6.57. The standard InChI is InChI=1S/C14H25N3/c1-9(2)15-13-10-7-6-8-11(14(3,4)5)12(10)16-17-13/h9,11H,6-8H2,1-5H3,(H2,15,16,17). The highest BCUT2D eigenvalue weighted by Gasteiger charge is 2.33. The van der Waals surface area contributed by atoms with Gasteiger partial charge in [0, 0.05) is 23.2 Å². The molecule has 1 aromatic heterocycles. The molecule has 0 amide bonds. The summed E-state index contributed by atoms with van der Waals surface area (Å²) in [6.45, 7) is 11.3. The molecule has 2 N–H and O–H groups in total. The molecule has 1 heterocycles. The minimum atomic E-state index is 0.316. The summed E-state index contributed by atoms with van der Waals surface area (Å²) in [4.78, 5) is 0. The maximum atomic E-state index is 4.47. The molecule has 0 radical (unpaired) electrons. The number of nitrogens with zero attached hydrogens (tertiary/aromatic N) is 1. The third kappa shape index (κ3) is 2.48. The monoisotopic (exact) mass is 235 g/mol. The second kappa shape index (κ2) is 4.35. The fraction of sp³-hybridized carbons (Fsp3) is 0.786. The van der Waals surface area contributed by atoms with E-state index in [0.717, 1.165) is 12.2 Å². The Morgan fingerprint density at radius 1 is 1.35 bits per heavy atom. The zero-order valence-electron chi connectivity index (χ0n) is 11.7. The van der Waals surface area contributed by atoms with Crippen molar-refractivity contribution in [2.24, 2.45) is 5.41 Å². The van der Waals surface area contributed by atoms with Crippen LogP contribution >= 0.6 is 0 Å². The van der Waals surface area contributed by atoms with E-state index in [-0.39, 0.29) is 0 Å². The summed E-state index contributed by atoms with van der Waals surface area (Å²) in [5.74, 6) is 1.69. The molecule has 3 nitrogen and oxygen atoms in total. The maximum absolute atomic E-state index is 4.47. The van der Waals surface area contributed by atoms with Gasteiger partial charge >= 0.3 is 0 Å². The molecule has 0 aromatic carbocycles. The molecular weight excluding hydrogens is 210 g/mol. The lowest BCUT2D eigenvalue weighted by Gasteiger charge is -2.33. The van der Waals surface area contributed by atoms with Crippen molar-refractivity contribution < 1.29 is 0 Å². The Balaban J connectivity index is 2.31. The fourth-order valence-electron chi connectivity index (χ4n) is 2.81. The minimum Gasteiger partial charge on any atom is -0.366 e. The van der Waals surface area contributed by atoms with Crippen molar-refractivity contribution in [2.45, 2.75) is 65.8 Å².